The van der Waals surface area contributed by atoms with Crippen LogP contribution in [0.15, 0.2) is 29.3 Å². The van der Waals surface area contributed by atoms with Gasteiger partial charge in [0.25, 0.3) is 0 Å². The van der Waals surface area contributed by atoms with E-state index in [1.54, 1.807) is 25.1 Å². The van der Waals surface area contributed by atoms with E-state index < -0.39 is 0 Å². The predicted octanol–water partition coefficient (Wildman–Crippen LogP) is 3.68. The Morgan fingerprint density at radius 2 is 2.35 bits per heavy atom. The van der Waals surface area contributed by atoms with E-state index in [2.05, 4.69) is 4.98 Å². The zero-order chi connectivity index (χ0) is 12.3. The van der Waals surface area contributed by atoms with Crippen LogP contribution in [-0.4, -0.2) is 12.1 Å². The fourth-order valence-corrected chi connectivity index (χ4v) is 3.26. The zero-order valence-electron chi connectivity index (χ0n) is 9.14. The number of nitrogen functional groups attached to an aromatic ring is 1. The molecule has 0 spiro atoms. The third-order valence-electron chi connectivity index (χ3n) is 2.12. The zero-order valence-corrected chi connectivity index (χ0v) is 11.5. The molecule has 0 saturated heterocycles. The van der Waals surface area contributed by atoms with Crippen LogP contribution in [-0.2, 0) is 5.75 Å². The Hall–Kier alpha value is -0.910. The highest BCUT2D eigenvalue weighted by molar-refractivity contribution is 7.98. The number of halogens is 1. The Bertz CT molecular complexity index is 516. The molecule has 0 saturated carbocycles. The molecule has 1 heterocycles. The van der Waals surface area contributed by atoms with Crippen molar-refractivity contribution in [2.75, 3.05) is 12.8 Å². The molecule has 0 aliphatic carbocycles. The van der Waals surface area contributed by atoms with Crippen LogP contribution in [0.2, 0.25) is 4.47 Å². The number of ether oxygens (including phenoxy) is 1. The van der Waals surface area contributed by atoms with Gasteiger partial charge in [0.1, 0.15) is 5.75 Å². The molecule has 0 amide bonds. The van der Waals surface area contributed by atoms with Gasteiger partial charge in [0, 0.05) is 27.4 Å². The summed E-state index contributed by atoms with van der Waals surface area (Å²) in [7, 11) is 1.64. The maximum atomic E-state index is 5.90. The van der Waals surface area contributed by atoms with Crippen LogP contribution in [0.1, 0.15) is 4.88 Å². The first-order valence-corrected chi connectivity index (χ1v) is 7.03. The van der Waals surface area contributed by atoms with E-state index in [0.29, 0.717) is 4.47 Å². The van der Waals surface area contributed by atoms with Crippen molar-refractivity contribution in [2.24, 2.45) is 0 Å². The fourth-order valence-electron chi connectivity index (χ4n) is 1.27. The van der Waals surface area contributed by atoms with Gasteiger partial charge in [-0.15, -0.1) is 23.1 Å². The highest BCUT2D eigenvalue weighted by atomic mass is 35.5. The third kappa shape index (κ3) is 3.28. The van der Waals surface area contributed by atoms with Crippen LogP contribution in [0.4, 0.5) is 5.69 Å². The van der Waals surface area contributed by atoms with E-state index in [1.165, 1.54) is 11.3 Å². The van der Waals surface area contributed by atoms with E-state index in [9.17, 15) is 0 Å². The molecule has 0 atom stereocenters. The van der Waals surface area contributed by atoms with Gasteiger partial charge < -0.3 is 10.5 Å². The molecule has 1 aromatic heterocycles. The minimum atomic E-state index is 0.569. The number of rotatable bonds is 4. The van der Waals surface area contributed by atoms with Gasteiger partial charge in [-0.2, -0.15) is 0 Å². The van der Waals surface area contributed by atoms with Crippen molar-refractivity contribution in [1.82, 2.24) is 4.98 Å². The summed E-state index contributed by atoms with van der Waals surface area (Å²) >= 11 is 8.91. The van der Waals surface area contributed by atoms with Gasteiger partial charge in [0.15, 0.2) is 4.47 Å². The number of aromatic nitrogens is 1. The first kappa shape index (κ1) is 12.5. The van der Waals surface area contributed by atoms with Crippen LogP contribution < -0.4 is 10.5 Å². The number of thioether (sulfide) groups is 1. The molecule has 2 aromatic rings. The number of nitrogens with two attached hydrogens (primary N) is 1. The van der Waals surface area contributed by atoms with E-state index >= 15 is 0 Å². The van der Waals surface area contributed by atoms with Crippen LogP contribution in [0.3, 0.4) is 0 Å². The van der Waals surface area contributed by atoms with E-state index in [-0.39, 0.29) is 0 Å². The summed E-state index contributed by atoms with van der Waals surface area (Å²) in [6.07, 6.45) is 1.79. The van der Waals surface area contributed by atoms with Gasteiger partial charge in [-0.25, -0.2) is 4.98 Å². The van der Waals surface area contributed by atoms with Crippen LogP contribution in [0, 0.1) is 0 Å². The van der Waals surface area contributed by atoms with E-state index in [1.807, 2.05) is 18.2 Å². The first-order valence-electron chi connectivity index (χ1n) is 4.85. The quantitative estimate of drug-likeness (QED) is 0.688. The molecule has 2 rings (SSSR count). The summed E-state index contributed by atoms with van der Waals surface area (Å²) in [5.74, 6) is 1.62. The fraction of sp³-hybridized carbons (Fsp3) is 0.182. The molecule has 2 N–H and O–H groups in total. The number of thiazole rings is 1. The standard InChI is InChI=1S/C11H11ClN2OS2/c1-15-7-2-3-9(13)10(4-7)16-6-8-5-14-11(12)17-8/h2-5H,6,13H2,1H3. The summed E-state index contributed by atoms with van der Waals surface area (Å²) in [5.41, 5.74) is 6.65. The van der Waals surface area contributed by atoms with Gasteiger partial charge in [0.05, 0.1) is 7.11 Å². The molecular formula is C11H11ClN2OS2. The molecule has 6 heteroatoms. The molecule has 0 bridgehead atoms. The summed E-state index contributed by atoms with van der Waals surface area (Å²) < 4.78 is 5.73. The molecule has 3 nitrogen and oxygen atoms in total. The third-order valence-corrected chi connectivity index (χ3v) is 4.53. The lowest BCUT2D eigenvalue weighted by atomic mass is 10.3. The van der Waals surface area contributed by atoms with Crippen molar-refractivity contribution in [2.45, 2.75) is 10.6 Å². The second-order valence-corrected chi connectivity index (χ2v) is 5.99. The average Bonchev–Trinajstić information content (AvgIpc) is 2.74. The highest BCUT2D eigenvalue weighted by Gasteiger charge is 2.05. The van der Waals surface area contributed by atoms with Crippen molar-refractivity contribution < 1.29 is 4.74 Å². The predicted molar refractivity (Wildman–Crippen MR) is 74.1 cm³/mol. The molecule has 0 unspecified atom stereocenters. The number of methoxy groups -OCH3 is 1. The number of hydrogen-bond acceptors (Lipinski definition) is 5. The lowest BCUT2D eigenvalue weighted by Crippen LogP contribution is -1.90. The van der Waals surface area contributed by atoms with E-state index in [0.717, 1.165) is 27.0 Å². The number of hydrogen-bond donors (Lipinski definition) is 1. The van der Waals surface area contributed by atoms with Crippen molar-refractivity contribution >= 4 is 40.4 Å². The molecule has 90 valence electrons. The Morgan fingerprint density at radius 3 is 3.00 bits per heavy atom. The second kappa shape index (κ2) is 5.62. The van der Waals surface area contributed by atoms with Crippen LogP contribution >= 0.6 is 34.7 Å². The largest absolute Gasteiger partial charge is 0.497 e. The second-order valence-electron chi connectivity index (χ2n) is 3.27. The van der Waals surface area contributed by atoms with Crippen molar-refractivity contribution in [3.05, 3.63) is 33.7 Å². The molecule has 0 aliphatic rings. The van der Waals surface area contributed by atoms with Crippen molar-refractivity contribution in [1.29, 1.82) is 0 Å². The Balaban J connectivity index is 2.07. The summed E-state index contributed by atoms with van der Waals surface area (Å²) in [6.45, 7) is 0. The number of benzene rings is 1. The smallest absolute Gasteiger partial charge is 0.183 e. The van der Waals surface area contributed by atoms with Gasteiger partial charge >= 0.3 is 0 Å². The Kier molecular flexibility index (Phi) is 4.15. The van der Waals surface area contributed by atoms with Crippen molar-refractivity contribution in [3.63, 3.8) is 0 Å². The molecule has 0 fully saturated rings. The SMILES string of the molecule is COc1ccc(N)c(SCc2cnc(Cl)s2)c1. The Labute approximate surface area is 113 Å². The Morgan fingerprint density at radius 1 is 1.53 bits per heavy atom. The average molecular weight is 287 g/mol. The highest BCUT2D eigenvalue weighted by Crippen LogP contribution is 2.33. The maximum Gasteiger partial charge on any atom is 0.183 e. The topological polar surface area (TPSA) is 48.1 Å². The summed E-state index contributed by atoms with van der Waals surface area (Å²) in [5, 5.41) is 0. The van der Waals surface area contributed by atoms with Crippen LogP contribution in [0.5, 0.6) is 5.75 Å². The summed E-state index contributed by atoms with van der Waals surface area (Å²) in [6, 6.07) is 5.63. The first-order chi connectivity index (χ1) is 8.19. The lowest BCUT2D eigenvalue weighted by Gasteiger charge is -2.06. The van der Waals surface area contributed by atoms with E-state index in [4.69, 9.17) is 22.1 Å². The maximum absolute atomic E-state index is 5.90. The number of nitrogens with zero attached hydrogens (tertiary/aromatic N) is 1. The molecule has 17 heavy (non-hydrogen) atoms. The minimum Gasteiger partial charge on any atom is -0.497 e. The van der Waals surface area contributed by atoms with Gasteiger partial charge in [-0.05, 0) is 18.2 Å². The molecular weight excluding hydrogens is 276 g/mol. The molecule has 1 aromatic carbocycles. The molecule has 0 radical (unpaired) electrons. The van der Waals surface area contributed by atoms with Crippen molar-refractivity contribution in [3.8, 4) is 5.75 Å². The minimum absolute atomic E-state index is 0.569. The number of anilines is 1. The van der Waals surface area contributed by atoms with Gasteiger partial charge in [-0.1, -0.05) is 11.6 Å². The van der Waals surface area contributed by atoms with Crippen LogP contribution in [0.25, 0.3) is 0 Å². The normalized spacial score (nSPS) is 10.5. The van der Waals surface area contributed by atoms with Gasteiger partial charge in [0.2, 0.25) is 0 Å². The lowest BCUT2D eigenvalue weighted by molar-refractivity contribution is 0.414. The molecule has 0 aliphatic heterocycles. The van der Waals surface area contributed by atoms with Gasteiger partial charge in [-0.3, -0.25) is 0 Å². The monoisotopic (exact) mass is 286 g/mol. The summed E-state index contributed by atoms with van der Waals surface area (Å²) in [4.78, 5) is 6.14.